The largest absolute Gasteiger partial charge is 0.490 e. The first-order chi connectivity index (χ1) is 24.2. The van der Waals surface area contributed by atoms with Crippen LogP contribution in [0.25, 0.3) is 0 Å². The monoisotopic (exact) mass is 695 g/mol. The van der Waals surface area contributed by atoms with Crippen molar-refractivity contribution in [2.75, 3.05) is 37.6 Å². The van der Waals surface area contributed by atoms with E-state index in [1.165, 1.54) is 0 Å². The van der Waals surface area contributed by atoms with Crippen molar-refractivity contribution in [1.29, 1.82) is 5.26 Å². The molecule has 1 atom stereocenters. The Bertz CT molecular complexity index is 1850. The summed E-state index contributed by atoms with van der Waals surface area (Å²) in [6.07, 6.45) is 5.41. The van der Waals surface area contributed by atoms with Gasteiger partial charge >= 0.3 is 0 Å². The van der Waals surface area contributed by atoms with Crippen LogP contribution in [0, 0.1) is 11.3 Å². The smallest absolute Gasteiger partial charge is 0.255 e. The molecule has 4 amide bonds. The molecule has 2 N–H and O–H groups in total. The summed E-state index contributed by atoms with van der Waals surface area (Å²) in [6.45, 7) is 4.95. The quantitative estimate of drug-likeness (QED) is 0.304. The number of anilines is 1. The topological polar surface area (TPSA) is 148 Å². The molecule has 0 bridgehead atoms. The van der Waals surface area contributed by atoms with Crippen molar-refractivity contribution in [2.45, 2.75) is 63.3 Å². The van der Waals surface area contributed by atoms with Crippen LogP contribution in [0.3, 0.4) is 0 Å². The lowest BCUT2D eigenvalue weighted by atomic mass is 9.89. The predicted molar refractivity (Wildman–Crippen MR) is 185 cm³/mol. The highest BCUT2D eigenvalue weighted by molar-refractivity contribution is 6.31. The molecule has 50 heavy (non-hydrogen) atoms. The van der Waals surface area contributed by atoms with Gasteiger partial charge in [-0.2, -0.15) is 5.26 Å². The molecule has 3 fully saturated rings. The van der Waals surface area contributed by atoms with Crippen LogP contribution < -0.4 is 20.3 Å². The minimum absolute atomic E-state index is 0.0151. The van der Waals surface area contributed by atoms with Crippen LogP contribution in [0.5, 0.6) is 5.75 Å². The van der Waals surface area contributed by atoms with Crippen LogP contribution in [-0.2, 0) is 22.6 Å². The second kappa shape index (κ2) is 14.5. The number of piperidine rings is 1. The molecule has 2 aromatic carbocycles. The van der Waals surface area contributed by atoms with Crippen molar-refractivity contribution in [3.63, 3.8) is 0 Å². The highest BCUT2D eigenvalue weighted by Gasteiger charge is 2.39. The number of imide groups is 1. The maximum Gasteiger partial charge on any atom is 0.255 e. The van der Waals surface area contributed by atoms with Crippen LogP contribution in [0.4, 0.5) is 5.69 Å². The van der Waals surface area contributed by atoms with E-state index in [1.54, 1.807) is 29.3 Å². The number of halogens is 1. The molecule has 1 aliphatic carbocycles. The third-order valence-corrected chi connectivity index (χ3v) is 10.3. The number of nitriles is 1. The van der Waals surface area contributed by atoms with Gasteiger partial charge in [-0.25, -0.2) is 0 Å². The number of aromatic nitrogens is 1. The molecule has 13 heteroatoms. The van der Waals surface area contributed by atoms with E-state index in [9.17, 15) is 19.2 Å². The van der Waals surface area contributed by atoms with Gasteiger partial charge in [-0.3, -0.25) is 34.4 Å². The number of pyridine rings is 1. The highest BCUT2D eigenvalue weighted by atomic mass is 35.5. The maximum absolute atomic E-state index is 13.0. The Kier molecular flexibility index (Phi) is 9.70. The van der Waals surface area contributed by atoms with Gasteiger partial charge in [-0.15, -0.1) is 0 Å². The molecular formula is C37H38ClN7O5. The van der Waals surface area contributed by atoms with E-state index in [0.717, 1.165) is 62.5 Å². The van der Waals surface area contributed by atoms with Crippen LogP contribution in [0.2, 0.25) is 5.02 Å². The number of ether oxygens (including phenoxy) is 1. The Morgan fingerprint density at radius 1 is 1.06 bits per heavy atom. The van der Waals surface area contributed by atoms with Gasteiger partial charge in [0.1, 0.15) is 24.0 Å². The fourth-order valence-electron chi connectivity index (χ4n) is 7.08. The van der Waals surface area contributed by atoms with Gasteiger partial charge in [-0.1, -0.05) is 11.6 Å². The lowest BCUT2D eigenvalue weighted by molar-refractivity contribution is -0.136. The molecule has 1 unspecified atom stereocenters. The minimum Gasteiger partial charge on any atom is -0.490 e. The summed E-state index contributed by atoms with van der Waals surface area (Å²) in [5, 5.41) is 14.8. The SMILES string of the molecule is N#Cc1ccc(OC2CC(NC(=O)c3ccc(CCCN4CCN(c5ccc6c(c5)CN(C5CCC(=O)NC5=O)C6=O)CC4)nc3)C2)cc1Cl. The zero-order valence-electron chi connectivity index (χ0n) is 27.6. The van der Waals surface area contributed by atoms with Crippen LogP contribution in [0.15, 0.2) is 54.7 Å². The number of hydrogen-bond donors (Lipinski definition) is 2. The van der Waals surface area contributed by atoms with Gasteiger partial charge in [0.2, 0.25) is 11.8 Å². The van der Waals surface area contributed by atoms with Gasteiger partial charge in [0, 0.05) is 87.2 Å². The molecule has 1 saturated carbocycles. The lowest BCUT2D eigenvalue weighted by Gasteiger charge is -2.36. The summed E-state index contributed by atoms with van der Waals surface area (Å²) in [5.41, 5.74) is 4.53. The van der Waals surface area contributed by atoms with Crippen molar-refractivity contribution in [3.8, 4) is 11.8 Å². The van der Waals surface area contributed by atoms with Crippen molar-refractivity contribution >= 4 is 40.9 Å². The number of hydrogen-bond acceptors (Lipinski definition) is 9. The average molecular weight is 696 g/mol. The fourth-order valence-corrected chi connectivity index (χ4v) is 7.29. The maximum atomic E-state index is 13.0. The number of carbonyl (C=O) groups excluding carboxylic acids is 4. The van der Waals surface area contributed by atoms with E-state index in [1.807, 2.05) is 30.3 Å². The fraction of sp³-hybridized carbons (Fsp3) is 0.405. The zero-order valence-corrected chi connectivity index (χ0v) is 28.3. The summed E-state index contributed by atoms with van der Waals surface area (Å²) in [5.74, 6) is -0.365. The number of nitrogens with zero attached hydrogens (tertiary/aromatic N) is 5. The number of benzene rings is 2. The van der Waals surface area contributed by atoms with Crippen molar-refractivity contribution < 1.29 is 23.9 Å². The predicted octanol–water partition coefficient (Wildman–Crippen LogP) is 3.46. The van der Waals surface area contributed by atoms with Gasteiger partial charge in [-0.05, 0) is 73.8 Å². The molecule has 3 aromatic rings. The Hall–Kier alpha value is -4.99. The molecule has 3 aliphatic heterocycles. The minimum atomic E-state index is -0.608. The molecule has 0 radical (unpaired) electrons. The van der Waals surface area contributed by atoms with Crippen LogP contribution in [0.1, 0.15) is 69.6 Å². The Morgan fingerprint density at radius 2 is 1.88 bits per heavy atom. The molecule has 12 nitrogen and oxygen atoms in total. The van der Waals surface area contributed by atoms with Gasteiger partial charge in [0.05, 0.1) is 16.1 Å². The second-order valence-electron chi connectivity index (χ2n) is 13.3. The van der Waals surface area contributed by atoms with E-state index in [-0.39, 0.29) is 36.3 Å². The third-order valence-electron chi connectivity index (χ3n) is 10.0. The van der Waals surface area contributed by atoms with Crippen LogP contribution >= 0.6 is 11.6 Å². The Labute approximate surface area is 295 Å². The number of amides is 4. The summed E-state index contributed by atoms with van der Waals surface area (Å²) in [6, 6.07) is 16.1. The molecule has 4 aliphatic rings. The molecular weight excluding hydrogens is 658 g/mol. The second-order valence-corrected chi connectivity index (χ2v) is 13.8. The summed E-state index contributed by atoms with van der Waals surface area (Å²) >= 11 is 6.09. The molecule has 258 valence electrons. The van der Waals surface area contributed by atoms with E-state index in [0.29, 0.717) is 53.3 Å². The molecule has 7 rings (SSSR count). The first kappa shape index (κ1) is 33.5. The Morgan fingerprint density at radius 3 is 2.60 bits per heavy atom. The van der Waals surface area contributed by atoms with E-state index >= 15 is 0 Å². The number of fused-ring (bicyclic) bond motifs is 1. The first-order valence-electron chi connectivity index (χ1n) is 17.1. The molecule has 0 spiro atoms. The van der Waals surface area contributed by atoms with E-state index in [2.05, 4.69) is 31.5 Å². The van der Waals surface area contributed by atoms with Crippen molar-refractivity contribution in [1.82, 2.24) is 25.4 Å². The highest BCUT2D eigenvalue weighted by Crippen LogP contribution is 2.32. The standard InChI is InChI=1S/C37H38ClN7O5/c38-32-19-29(7-4-23(32)20-39)50-30-17-27(18-30)41-35(47)24-3-5-26(40-21-24)2-1-11-43-12-14-44(15-13-43)28-6-8-31-25(16-28)22-45(37(31)49)33-9-10-34(46)42-36(33)48/h3-8,16,19,21,27,30,33H,1-2,9-15,17-18,22H2,(H,41,47)(H,42,46,48). The summed E-state index contributed by atoms with van der Waals surface area (Å²) in [4.78, 5) is 60.7. The third kappa shape index (κ3) is 7.29. The molecule has 1 aromatic heterocycles. The lowest BCUT2D eigenvalue weighted by Crippen LogP contribution is -2.52. The van der Waals surface area contributed by atoms with Crippen molar-refractivity contribution in [3.05, 3.63) is 87.7 Å². The van der Waals surface area contributed by atoms with Crippen molar-refractivity contribution in [2.24, 2.45) is 0 Å². The summed E-state index contributed by atoms with van der Waals surface area (Å²) in [7, 11) is 0. The number of piperazine rings is 1. The average Bonchev–Trinajstić information content (AvgIpc) is 3.42. The summed E-state index contributed by atoms with van der Waals surface area (Å²) < 4.78 is 5.92. The normalized spacial score (nSPS) is 22.0. The van der Waals surface area contributed by atoms with Crippen LogP contribution in [-0.4, -0.2) is 89.3 Å². The zero-order chi connectivity index (χ0) is 34.8. The molecule has 4 heterocycles. The number of rotatable bonds is 10. The number of aryl methyl sites for hydroxylation is 1. The van der Waals surface area contributed by atoms with Gasteiger partial charge < -0.3 is 19.9 Å². The molecule has 2 saturated heterocycles. The first-order valence-corrected chi connectivity index (χ1v) is 17.5. The van der Waals surface area contributed by atoms with E-state index in [4.69, 9.17) is 21.6 Å². The number of carbonyl (C=O) groups is 4. The number of nitrogens with one attached hydrogen (secondary N) is 2. The van der Waals surface area contributed by atoms with Gasteiger partial charge in [0.25, 0.3) is 11.8 Å². The Balaban J connectivity index is 0.809. The van der Waals surface area contributed by atoms with E-state index < -0.39 is 11.9 Å². The van der Waals surface area contributed by atoms with Gasteiger partial charge in [0.15, 0.2) is 0 Å².